The maximum atomic E-state index is 14.5. The third-order valence-corrected chi connectivity index (χ3v) is 8.11. The van der Waals surface area contributed by atoms with Gasteiger partial charge in [0.1, 0.15) is 17.7 Å². The Balaban J connectivity index is 1.45. The molecular weight excluding hydrogens is 478 g/mol. The number of fused-ring (bicyclic) bond motifs is 5. The summed E-state index contributed by atoms with van der Waals surface area (Å²) in [4.78, 5) is 17.7. The fourth-order valence-electron chi connectivity index (χ4n) is 6.19. The van der Waals surface area contributed by atoms with Crippen LogP contribution in [0.15, 0.2) is 49.1 Å². The number of nitrogens with zero attached hydrogens (tertiary/aromatic N) is 6. The van der Waals surface area contributed by atoms with Crippen molar-refractivity contribution in [3.63, 3.8) is 0 Å². The van der Waals surface area contributed by atoms with Crippen LogP contribution in [0.4, 0.5) is 8.78 Å². The van der Waals surface area contributed by atoms with Crippen LogP contribution in [-0.2, 0) is 5.41 Å². The van der Waals surface area contributed by atoms with Crippen molar-refractivity contribution < 1.29 is 19.0 Å². The lowest BCUT2D eigenvalue weighted by Crippen LogP contribution is -2.38. The lowest BCUT2D eigenvalue weighted by Gasteiger charge is -2.37. The first-order chi connectivity index (χ1) is 17.8. The highest BCUT2D eigenvalue weighted by Gasteiger charge is 2.65. The first-order valence-electron chi connectivity index (χ1n) is 12.0. The fraction of sp³-hybridized carbons (Fsp3) is 0.333. The molecule has 4 aromatic rings. The Bertz CT molecular complexity index is 1490. The number of halogens is 2. The van der Waals surface area contributed by atoms with Crippen LogP contribution in [0.3, 0.4) is 0 Å². The van der Waals surface area contributed by atoms with Gasteiger partial charge in [-0.05, 0) is 47.9 Å². The second-order valence-corrected chi connectivity index (χ2v) is 10.2. The molecule has 0 amide bonds. The first-order valence-corrected chi connectivity index (χ1v) is 12.0. The second kappa shape index (κ2) is 8.39. The van der Waals surface area contributed by atoms with E-state index in [9.17, 15) is 13.9 Å². The summed E-state index contributed by atoms with van der Waals surface area (Å²) in [5.41, 5.74) is 2.72. The third kappa shape index (κ3) is 3.32. The van der Waals surface area contributed by atoms with Gasteiger partial charge < -0.3 is 10.2 Å². The van der Waals surface area contributed by atoms with Crippen molar-refractivity contribution in [2.45, 2.75) is 44.1 Å². The zero-order valence-electron chi connectivity index (χ0n) is 20.2. The van der Waals surface area contributed by atoms with Crippen molar-refractivity contribution in [3.8, 4) is 22.5 Å². The number of aliphatic hydroxyl groups excluding tert-OH is 2. The number of hydrogen-bond donors (Lipinski definition) is 2. The van der Waals surface area contributed by atoms with Gasteiger partial charge in [-0.1, -0.05) is 19.9 Å². The molecule has 0 radical (unpaired) electrons. The maximum Gasteiger partial charge on any atom is 0.159 e. The Morgan fingerprint density at radius 3 is 2.46 bits per heavy atom. The molecule has 37 heavy (non-hydrogen) atoms. The Hall–Kier alpha value is -3.76. The molecule has 1 fully saturated rings. The summed E-state index contributed by atoms with van der Waals surface area (Å²) in [5.74, 6) is -1.12. The van der Waals surface area contributed by atoms with Crippen molar-refractivity contribution in [3.05, 3.63) is 83.5 Å². The van der Waals surface area contributed by atoms with E-state index in [1.165, 1.54) is 30.6 Å². The van der Waals surface area contributed by atoms with Gasteiger partial charge in [-0.2, -0.15) is 5.10 Å². The molecule has 2 aliphatic rings. The van der Waals surface area contributed by atoms with Crippen molar-refractivity contribution in [1.82, 2.24) is 30.1 Å². The summed E-state index contributed by atoms with van der Waals surface area (Å²) in [6.07, 6.45) is 6.92. The first kappa shape index (κ1) is 23.6. The van der Waals surface area contributed by atoms with Crippen LogP contribution >= 0.6 is 0 Å². The number of aromatic nitrogens is 6. The van der Waals surface area contributed by atoms with E-state index in [2.05, 4.69) is 39.0 Å². The average Bonchev–Trinajstić information content (AvgIpc) is 3.29. The number of rotatable bonds is 5. The number of hydrogen-bond acceptors (Lipinski definition) is 8. The van der Waals surface area contributed by atoms with E-state index in [1.807, 2.05) is 0 Å². The Labute approximate surface area is 211 Å². The zero-order valence-corrected chi connectivity index (χ0v) is 20.2. The van der Waals surface area contributed by atoms with Gasteiger partial charge in [-0.3, -0.25) is 4.98 Å². The van der Waals surface area contributed by atoms with Gasteiger partial charge in [-0.25, -0.2) is 23.7 Å². The topological polar surface area (TPSA) is 118 Å². The maximum absolute atomic E-state index is 14.5. The molecule has 0 unspecified atom stereocenters. The van der Waals surface area contributed by atoms with E-state index in [0.717, 1.165) is 29.8 Å². The van der Waals surface area contributed by atoms with Crippen molar-refractivity contribution in [2.24, 2.45) is 5.41 Å². The van der Waals surface area contributed by atoms with Gasteiger partial charge in [0.2, 0.25) is 0 Å². The van der Waals surface area contributed by atoms with Crippen LogP contribution < -0.4 is 0 Å². The van der Waals surface area contributed by atoms with E-state index >= 15 is 0 Å². The summed E-state index contributed by atoms with van der Waals surface area (Å²) in [7, 11) is 0. The highest BCUT2D eigenvalue weighted by Crippen LogP contribution is 2.69. The summed E-state index contributed by atoms with van der Waals surface area (Å²) in [6, 6.07) is 5.53. The average molecular weight is 503 g/mol. The van der Waals surface area contributed by atoms with Gasteiger partial charge >= 0.3 is 0 Å². The number of aliphatic hydroxyl groups is 2. The summed E-state index contributed by atoms with van der Waals surface area (Å²) in [6.45, 7) is 3.86. The normalized spacial score (nSPS) is 22.2. The smallest absolute Gasteiger partial charge is 0.159 e. The molecule has 1 saturated carbocycles. The molecule has 3 aromatic heterocycles. The van der Waals surface area contributed by atoms with E-state index < -0.39 is 29.8 Å². The fourth-order valence-corrected chi connectivity index (χ4v) is 6.19. The Kier molecular flexibility index (Phi) is 5.36. The third-order valence-electron chi connectivity index (χ3n) is 8.11. The van der Waals surface area contributed by atoms with Crippen molar-refractivity contribution in [2.75, 3.05) is 6.61 Å². The van der Waals surface area contributed by atoms with Crippen LogP contribution in [0.1, 0.15) is 61.5 Å². The molecule has 2 bridgehead atoms. The van der Waals surface area contributed by atoms with Crippen molar-refractivity contribution >= 4 is 0 Å². The lowest BCUT2D eigenvalue weighted by atomic mass is 9.66. The predicted octanol–water partition coefficient (Wildman–Crippen LogP) is 3.90. The van der Waals surface area contributed by atoms with Crippen molar-refractivity contribution in [1.29, 1.82) is 0 Å². The molecule has 0 saturated heterocycles. The molecule has 1 aromatic carbocycles. The van der Waals surface area contributed by atoms with Crippen LogP contribution in [0.2, 0.25) is 0 Å². The zero-order chi connectivity index (χ0) is 25.9. The van der Waals surface area contributed by atoms with Crippen LogP contribution in [0, 0.1) is 17.0 Å². The molecule has 8 nitrogen and oxygen atoms in total. The molecule has 6 rings (SSSR count). The summed E-state index contributed by atoms with van der Waals surface area (Å²) >= 11 is 0. The standard InChI is InChI=1S/C27H24F2N6O2/c1-26(2)16-6-7-27(26,24-15(16)8-19(34-35-24)23-17(28)4-3-5-18(23)29)22-12-30-11-20(33-22)14-9-31-25(32-10-14)21(37)13-36/h3-5,8-12,16,21,36-37H,6-7,13H2,1-2H3/t16-,21-,27-/m0/s1. The SMILES string of the molecule is CC1(C)[C@H]2CC[C@]1(c1cncc(-c3cnc([C@@H](O)CO)nc3)n1)c1nnc(-c3c(F)cccc3F)cc12. The molecule has 2 N–H and O–H groups in total. The second-order valence-electron chi connectivity index (χ2n) is 10.2. The molecule has 0 aliphatic heterocycles. The molecule has 0 spiro atoms. The largest absolute Gasteiger partial charge is 0.393 e. The minimum Gasteiger partial charge on any atom is -0.393 e. The monoisotopic (exact) mass is 502 g/mol. The minimum atomic E-state index is -1.15. The minimum absolute atomic E-state index is 0.111. The summed E-state index contributed by atoms with van der Waals surface area (Å²) in [5, 5.41) is 27.7. The highest BCUT2D eigenvalue weighted by atomic mass is 19.1. The number of benzene rings is 1. The molecule has 3 atom stereocenters. The van der Waals surface area contributed by atoms with Gasteiger partial charge in [0, 0.05) is 24.2 Å². The van der Waals surface area contributed by atoms with E-state index in [0.29, 0.717) is 11.3 Å². The Morgan fingerprint density at radius 2 is 1.76 bits per heavy atom. The predicted molar refractivity (Wildman–Crippen MR) is 129 cm³/mol. The molecular formula is C27H24F2N6O2. The van der Waals surface area contributed by atoms with Crippen LogP contribution in [0.5, 0.6) is 0 Å². The van der Waals surface area contributed by atoms with Crippen LogP contribution in [-0.4, -0.2) is 47.0 Å². The molecule has 3 heterocycles. The van der Waals surface area contributed by atoms with Gasteiger partial charge in [-0.15, -0.1) is 5.10 Å². The van der Waals surface area contributed by atoms with E-state index in [1.54, 1.807) is 18.5 Å². The molecule has 2 aliphatic carbocycles. The Morgan fingerprint density at radius 1 is 1.03 bits per heavy atom. The highest BCUT2D eigenvalue weighted by molar-refractivity contribution is 5.64. The van der Waals surface area contributed by atoms with E-state index in [4.69, 9.17) is 10.1 Å². The summed E-state index contributed by atoms with van der Waals surface area (Å²) < 4.78 is 29.0. The lowest BCUT2D eigenvalue weighted by molar-refractivity contribution is 0.0886. The quantitative estimate of drug-likeness (QED) is 0.422. The van der Waals surface area contributed by atoms with E-state index in [-0.39, 0.29) is 28.4 Å². The van der Waals surface area contributed by atoms with Gasteiger partial charge in [0.25, 0.3) is 0 Å². The van der Waals surface area contributed by atoms with Gasteiger partial charge in [0.05, 0.1) is 46.6 Å². The molecule has 188 valence electrons. The van der Waals surface area contributed by atoms with Gasteiger partial charge in [0.15, 0.2) is 5.82 Å². The molecule has 10 heteroatoms. The van der Waals surface area contributed by atoms with Crippen LogP contribution in [0.25, 0.3) is 22.5 Å².